The molecule has 52 heavy (non-hydrogen) atoms. The summed E-state index contributed by atoms with van der Waals surface area (Å²) in [5.74, 6) is 1.11. The Hall–Kier alpha value is -4.08. The molecule has 4 fully saturated rings. The van der Waals surface area contributed by atoms with Crippen molar-refractivity contribution in [2.45, 2.75) is 75.8 Å². The van der Waals surface area contributed by atoms with E-state index < -0.39 is 5.41 Å². The SMILES string of the molecule is C/C=C1/CN(C)[C@H]2Cc3c([nH]c4ccccc34)[C@@H](c3cc4[nH]c5c(c4cc3OC)CCN3CC4C[C@H](CC)[C@H]3[C@@]5(C(=O)OC)C4)C[C@@H]1[C@H]2C(=O)OC. The summed E-state index contributed by atoms with van der Waals surface area (Å²) in [5.41, 5.74) is 8.48. The number of carbonyl (C=O) groups is 2. The number of likely N-dealkylation sites (N-methyl/N-ethyl adjacent to an activating group) is 1. The highest BCUT2D eigenvalue weighted by molar-refractivity contribution is 5.93. The number of allylic oxidation sites excluding steroid dienone is 1. The minimum Gasteiger partial charge on any atom is -0.496 e. The number of benzene rings is 2. The fourth-order valence-electron chi connectivity index (χ4n) is 12.1. The zero-order valence-electron chi connectivity index (χ0n) is 31.4. The molecule has 2 N–H and O–H groups in total. The summed E-state index contributed by atoms with van der Waals surface area (Å²) in [6, 6.07) is 13.2. The Morgan fingerprint density at radius 1 is 1.02 bits per heavy atom. The number of fused-ring (bicyclic) bond motifs is 9. The summed E-state index contributed by atoms with van der Waals surface area (Å²) in [7, 11) is 6.99. The number of likely N-dealkylation sites (tertiary alicyclic amines) is 1. The second kappa shape index (κ2) is 12.5. The molecule has 2 aromatic carbocycles. The Kier molecular flexibility index (Phi) is 8.12. The molecule has 0 amide bonds. The topological polar surface area (TPSA) is 99.9 Å². The van der Waals surface area contributed by atoms with Crippen LogP contribution in [-0.4, -0.2) is 91.8 Å². The van der Waals surface area contributed by atoms with Gasteiger partial charge in [0.15, 0.2) is 0 Å². The number of H-pyrrole nitrogens is 2. The van der Waals surface area contributed by atoms with Gasteiger partial charge in [-0.05, 0) is 93.2 Å². The minimum atomic E-state index is -0.725. The van der Waals surface area contributed by atoms with Gasteiger partial charge in [0.1, 0.15) is 11.2 Å². The van der Waals surface area contributed by atoms with Crippen LogP contribution in [0.15, 0.2) is 48.0 Å². The smallest absolute Gasteiger partial charge is 0.319 e. The summed E-state index contributed by atoms with van der Waals surface area (Å²) in [5, 5.41) is 2.32. The summed E-state index contributed by atoms with van der Waals surface area (Å²) < 4.78 is 17.6. The molecule has 2 unspecified atom stereocenters. The number of nitrogens with one attached hydrogen (secondary N) is 2. The Bertz CT molecular complexity index is 2110. The van der Waals surface area contributed by atoms with Crippen LogP contribution in [0.2, 0.25) is 0 Å². The predicted molar refractivity (Wildman–Crippen MR) is 202 cm³/mol. The van der Waals surface area contributed by atoms with Crippen LogP contribution in [0, 0.1) is 23.7 Å². The molecule has 6 heterocycles. The lowest BCUT2D eigenvalue weighted by Gasteiger charge is -2.57. The van der Waals surface area contributed by atoms with Crippen molar-refractivity contribution in [3.05, 3.63) is 76.1 Å². The third-order valence-electron chi connectivity index (χ3n) is 14.1. The van der Waals surface area contributed by atoms with Crippen LogP contribution >= 0.6 is 0 Å². The lowest BCUT2D eigenvalue weighted by molar-refractivity contribution is -0.162. The van der Waals surface area contributed by atoms with Crippen molar-refractivity contribution < 1.29 is 23.8 Å². The first-order chi connectivity index (χ1) is 25.3. The van der Waals surface area contributed by atoms with E-state index in [1.165, 1.54) is 41.3 Å². The summed E-state index contributed by atoms with van der Waals surface area (Å²) in [4.78, 5) is 40.8. The molecule has 6 bridgehead atoms. The van der Waals surface area contributed by atoms with Gasteiger partial charge < -0.3 is 24.2 Å². The number of methoxy groups -OCH3 is 3. The zero-order valence-corrected chi connectivity index (χ0v) is 31.4. The molecule has 3 saturated heterocycles. The van der Waals surface area contributed by atoms with Crippen molar-refractivity contribution in [2.75, 3.05) is 48.0 Å². The second-order valence-electron chi connectivity index (χ2n) is 16.3. The average molecular weight is 705 g/mol. The van der Waals surface area contributed by atoms with Crippen LogP contribution < -0.4 is 4.74 Å². The van der Waals surface area contributed by atoms with Crippen molar-refractivity contribution in [3.63, 3.8) is 0 Å². The monoisotopic (exact) mass is 704 g/mol. The van der Waals surface area contributed by atoms with Gasteiger partial charge in [-0.2, -0.15) is 0 Å². The van der Waals surface area contributed by atoms with Gasteiger partial charge in [-0.15, -0.1) is 0 Å². The number of esters is 2. The molecule has 2 aliphatic carbocycles. The fraction of sp³-hybridized carbons (Fsp3) is 0.535. The van der Waals surface area contributed by atoms with E-state index in [9.17, 15) is 9.59 Å². The van der Waals surface area contributed by atoms with Crippen molar-refractivity contribution in [3.8, 4) is 5.75 Å². The maximum atomic E-state index is 14.2. The highest BCUT2D eigenvalue weighted by Crippen LogP contribution is 2.56. The van der Waals surface area contributed by atoms with E-state index in [0.717, 1.165) is 85.2 Å². The fourth-order valence-corrected chi connectivity index (χ4v) is 12.1. The molecule has 1 saturated carbocycles. The molecule has 0 radical (unpaired) electrons. The van der Waals surface area contributed by atoms with Gasteiger partial charge in [-0.25, -0.2) is 0 Å². The normalized spacial score (nSPS) is 33.2. The van der Waals surface area contributed by atoms with Crippen LogP contribution in [0.3, 0.4) is 0 Å². The number of piperidine rings is 3. The molecule has 274 valence electrons. The maximum absolute atomic E-state index is 14.2. The van der Waals surface area contributed by atoms with Crippen LogP contribution in [0.4, 0.5) is 0 Å². The number of aromatic nitrogens is 2. The zero-order chi connectivity index (χ0) is 36.1. The number of hydrogen-bond acceptors (Lipinski definition) is 7. The van der Waals surface area contributed by atoms with Gasteiger partial charge >= 0.3 is 11.9 Å². The molecular weight excluding hydrogens is 652 g/mol. The Balaban J connectivity index is 1.27. The van der Waals surface area contributed by atoms with Gasteiger partial charge in [0.2, 0.25) is 0 Å². The molecule has 9 atom stereocenters. The van der Waals surface area contributed by atoms with Crippen molar-refractivity contribution in [1.29, 1.82) is 0 Å². The average Bonchev–Trinajstić information content (AvgIpc) is 3.69. The molecule has 0 spiro atoms. The number of carbonyl (C=O) groups excluding carboxylic acids is 2. The van der Waals surface area contributed by atoms with Crippen LogP contribution in [0.1, 0.15) is 73.5 Å². The van der Waals surface area contributed by atoms with Gasteiger partial charge in [-0.3, -0.25) is 19.4 Å². The minimum absolute atomic E-state index is 0.00122. The number of nitrogens with zero attached hydrogens (tertiary/aromatic N) is 2. The number of ether oxygens (including phenoxy) is 3. The Morgan fingerprint density at radius 2 is 1.85 bits per heavy atom. The van der Waals surface area contributed by atoms with E-state index in [0.29, 0.717) is 11.8 Å². The van der Waals surface area contributed by atoms with Crippen molar-refractivity contribution >= 4 is 33.7 Å². The van der Waals surface area contributed by atoms with E-state index in [1.807, 2.05) is 0 Å². The highest BCUT2D eigenvalue weighted by Gasteiger charge is 2.62. The largest absolute Gasteiger partial charge is 0.496 e. The second-order valence-corrected chi connectivity index (χ2v) is 16.3. The maximum Gasteiger partial charge on any atom is 0.319 e. The molecule has 9 heteroatoms. The van der Waals surface area contributed by atoms with E-state index in [-0.39, 0.29) is 41.8 Å². The van der Waals surface area contributed by atoms with Crippen LogP contribution in [0.5, 0.6) is 5.75 Å². The summed E-state index contributed by atoms with van der Waals surface area (Å²) in [6.45, 7) is 7.17. The van der Waals surface area contributed by atoms with Crippen molar-refractivity contribution in [1.82, 2.24) is 19.8 Å². The van der Waals surface area contributed by atoms with Gasteiger partial charge in [0.25, 0.3) is 0 Å². The van der Waals surface area contributed by atoms with E-state index in [4.69, 9.17) is 14.2 Å². The van der Waals surface area contributed by atoms with Gasteiger partial charge in [-0.1, -0.05) is 43.2 Å². The Labute approximate surface area is 306 Å². The molecule has 4 aliphatic heterocycles. The van der Waals surface area contributed by atoms with Gasteiger partial charge in [0, 0.05) is 76.4 Å². The lowest BCUT2D eigenvalue weighted by atomic mass is 9.56. The van der Waals surface area contributed by atoms with E-state index in [1.54, 1.807) is 14.2 Å². The Morgan fingerprint density at radius 3 is 2.60 bits per heavy atom. The highest BCUT2D eigenvalue weighted by atomic mass is 16.5. The standard InChI is InChI=1S/C43H52N4O5/c1-7-24-15-23-20-43(42(49)52-6)39-27(13-14-47(21-23)40(24)43)29-19-36(50-4)30(17-34(29)45-39)31-16-28-25(8-2)22-46(3)35(37(28)41(48)51-5)18-32-26-11-9-10-12-33(26)44-38(31)32/h8-12,17,19,23-24,28,31,35,37,40,44-45H,7,13-16,18,20-22H2,1-6H3/b25-8-/t23?,24-,28-,31+,35-,37+,40-,43+/m0/s1. The van der Waals surface area contributed by atoms with Crippen molar-refractivity contribution in [2.24, 2.45) is 23.7 Å². The third-order valence-corrected chi connectivity index (χ3v) is 14.1. The number of rotatable bonds is 5. The first-order valence-electron chi connectivity index (χ1n) is 19.3. The van der Waals surface area contributed by atoms with E-state index in [2.05, 4.69) is 83.1 Å². The molecule has 9 nitrogen and oxygen atoms in total. The predicted octanol–water partition coefficient (Wildman–Crippen LogP) is 6.49. The van der Waals surface area contributed by atoms with Crippen LogP contribution in [0.25, 0.3) is 21.8 Å². The molecule has 10 rings (SSSR count). The summed E-state index contributed by atoms with van der Waals surface area (Å²) >= 11 is 0. The summed E-state index contributed by atoms with van der Waals surface area (Å²) in [6.07, 6.45) is 7.59. The van der Waals surface area contributed by atoms with E-state index >= 15 is 0 Å². The first kappa shape index (κ1) is 33.7. The molecule has 4 aromatic rings. The quantitative estimate of drug-likeness (QED) is 0.181. The van der Waals surface area contributed by atoms with Crippen LogP contribution in [-0.2, 0) is 37.3 Å². The molecule has 6 aliphatic rings. The first-order valence-corrected chi connectivity index (χ1v) is 19.3. The number of hydrogen-bond donors (Lipinski definition) is 2. The number of para-hydroxylation sites is 1. The molecular formula is C43H52N4O5. The number of aromatic amines is 2. The third kappa shape index (κ3) is 4.67. The molecule has 2 aromatic heterocycles. The van der Waals surface area contributed by atoms with Gasteiger partial charge in [0.05, 0.1) is 27.2 Å². The lowest BCUT2D eigenvalue weighted by Crippen LogP contribution is -2.67.